The summed E-state index contributed by atoms with van der Waals surface area (Å²) in [5.74, 6) is -0.147. The van der Waals surface area contributed by atoms with Crippen LogP contribution in [0.3, 0.4) is 0 Å². The number of hydrogen-bond donors (Lipinski definition) is 1. The molecule has 0 spiro atoms. The van der Waals surface area contributed by atoms with Crippen LogP contribution in [0.2, 0.25) is 5.02 Å². The molecule has 1 aliphatic rings. The number of amides is 1. The third-order valence-corrected chi connectivity index (χ3v) is 6.23. The van der Waals surface area contributed by atoms with E-state index in [9.17, 15) is 9.59 Å². The number of rotatable bonds is 6. The molecule has 0 aliphatic carbocycles. The Morgan fingerprint density at radius 2 is 1.59 bits per heavy atom. The number of halogens is 1. The molecule has 0 bridgehead atoms. The minimum absolute atomic E-state index is 0.0597. The summed E-state index contributed by atoms with van der Waals surface area (Å²) in [6.45, 7) is 7.33. The number of aromatic nitrogens is 1. The lowest BCUT2D eigenvalue weighted by atomic mass is 10.1. The van der Waals surface area contributed by atoms with Crippen LogP contribution < -0.4 is 10.3 Å². The van der Waals surface area contributed by atoms with E-state index in [1.807, 2.05) is 62.4 Å². The van der Waals surface area contributed by atoms with Crippen molar-refractivity contribution in [2.24, 2.45) is 0 Å². The molecular weight excluding hydrogens is 424 g/mol. The van der Waals surface area contributed by atoms with Gasteiger partial charge in [0.15, 0.2) is 5.78 Å². The number of carbonyl (C=O) groups is 2. The zero-order valence-electron chi connectivity index (χ0n) is 18.3. The SMILES string of the molecule is Cc1cc(C(=O)CN2CCN(c3ccccc3Cl)CC2)c(C)n1NC(=O)c1ccccc1. The summed E-state index contributed by atoms with van der Waals surface area (Å²) in [5.41, 5.74) is 6.71. The predicted octanol–water partition coefficient (Wildman–Crippen LogP) is 4.15. The van der Waals surface area contributed by atoms with Crippen LogP contribution in [-0.2, 0) is 0 Å². The number of hydrogen-bond acceptors (Lipinski definition) is 4. The molecule has 32 heavy (non-hydrogen) atoms. The van der Waals surface area contributed by atoms with E-state index in [4.69, 9.17) is 11.6 Å². The average Bonchev–Trinajstić information content (AvgIpc) is 3.09. The van der Waals surface area contributed by atoms with Gasteiger partial charge in [-0.05, 0) is 44.2 Å². The lowest BCUT2D eigenvalue weighted by molar-refractivity contribution is 0.0924. The maximum atomic E-state index is 13.1. The number of carbonyl (C=O) groups excluding carboxylic acids is 2. The normalized spacial score (nSPS) is 14.4. The molecule has 4 rings (SSSR count). The van der Waals surface area contributed by atoms with E-state index in [1.165, 1.54) is 0 Å². The molecule has 1 aromatic heterocycles. The number of nitrogens with one attached hydrogen (secondary N) is 1. The van der Waals surface area contributed by atoms with Gasteiger partial charge in [-0.2, -0.15) is 0 Å². The van der Waals surface area contributed by atoms with Crippen molar-refractivity contribution in [1.29, 1.82) is 0 Å². The molecule has 3 aromatic rings. The first-order valence-electron chi connectivity index (χ1n) is 10.7. The van der Waals surface area contributed by atoms with Crippen LogP contribution in [0.1, 0.15) is 32.1 Å². The Kier molecular flexibility index (Phi) is 6.63. The van der Waals surface area contributed by atoms with Gasteiger partial charge in [-0.3, -0.25) is 24.6 Å². The highest BCUT2D eigenvalue weighted by Crippen LogP contribution is 2.26. The number of benzene rings is 2. The Bertz CT molecular complexity index is 1120. The summed E-state index contributed by atoms with van der Waals surface area (Å²) >= 11 is 6.33. The van der Waals surface area contributed by atoms with E-state index in [1.54, 1.807) is 16.8 Å². The Hall–Kier alpha value is -3.09. The van der Waals surface area contributed by atoms with Crippen LogP contribution in [0.25, 0.3) is 0 Å². The van der Waals surface area contributed by atoms with Crippen molar-refractivity contribution in [2.75, 3.05) is 43.0 Å². The molecule has 0 atom stereocenters. The third kappa shape index (κ3) is 4.71. The first-order valence-corrected chi connectivity index (χ1v) is 11.1. The standard InChI is InChI=1S/C25H27ClN4O2/c1-18-16-21(19(2)30(18)27-25(32)20-8-4-3-5-9-20)24(31)17-28-12-14-29(15-13-28)23-11-7-6-10-22(23)26/h3-11,16H,12-15,17H2,1-2H3,(H,27,32). The van der Waals surface area contributed by atoms with Crippen molar-refractivity contribution in [3.8, 4) is 0 Å². The van der Waals surface area contributed by atoms with E-state index in [0.29, 0.717) is 17.7 Å². The minimum atomic E-state index is -0.206. The maximum Gasteiger partial charge on any atom is 0.270 e. The van der Waals surface area contributed by atoms with Crippen molar-refractivity contribution >= 4 is 29.0 Å². The smallest absolute Gasteiger partial charge is 0.270 e. The highest BCUT2D eigenvalue weighted by atomic mass is 35.5. The first kappa shape index (κ1) is 22.1. The van der Waals surface area contributed by atoms with Gasteiger partial charge in [-0.25, -0.2) is 0 Å². The van der Waals surface area contributed by atoms with E-state index >= 15 is 0 Å². The zero-order valence-corrected chi connectivity index (χ0v) is 19.1. The maximum absolute atomic E-state index is 13.1. The number of anilines is 1. The predicted molar refractivity (Wildman–Crippen MR) is 128 cm³/mol. The number of nitrogens with zero attached hydrogens (tertiary/aromatic N) is 3. The van der Waals surface area contributed by atoms with Crippen molar-refractivity contribution < 1.29 is 9.59 Å². The number of ketones is 1. The van der Waals surface area contributed by atoms with Crippen LogP contribution in [0.4, 0.5) is 5.69 Å². The number of piperazine rings is 1. The molecule has 1 saturated heterocycles. The second-order valence-electron chi connectivity index (χ2n) is 8.06. The van der Waals surface area contributed by atoms with Gasteiger partial charge >= 0.3 is 0 Å². The van der Waals surface area contributed by atoms with Crippen LogP contribution >= 0.6 is 11.6 Å². The van der Waals surface area contributed by atoms with E-state index in [-0.39, 0.29) is 11.7 Å². The lowest BCUT2D eigenvalue weighted by Crippen LogP contribution is -2.48. The van der Waals surface area contributed by atoms with Crippen molar-refractivity contribution in [2.45, 2.75) is 13.8 Å². The van der Waals surface area contributed by atoms with Gasteiger partial charge in [-0.1, -0.05) is 41.9 Å². The van der Waals surface area contributed by atoms with Crippen LogP contribution in [0.15, 0.2) is 60.7 Å². The second-order valence-corrected chi connectivity index (χ2v) is 8.47. The van der Waals surface area contributed by atoms with E-state index < -0.39 is 0 Å². The van der Waals surface area contributed by atoms with Gasteiger partial charge in [0.25, 0.3) is 5.91 Å². The van der Waals surface area contributed by atoms with Crippen molar-refractivity contribution in [1.82, 2.24) is 9.58 Å². The number of aryl methyl sites for hydroxylation is 1. The summed E-state index contributed by atoms with van der Waals surface area (Å²) in [6.07, 6.45) is 0. The molecule has 0 unspecified atom stereocenters. The Labute approximate surface area is 193 Å². The largest absolute Gasteiger partial charge is 0.368 e. The lowest BCUT2D eigenvalue weighted by Gasteiger charge is -2.36. The van der Waals surface area contributed by atoms with Crippen molar-refractivity contribution in [3.63, 3.8) is 0 Å². The first-order chi connectivity index (χ1) is 15.4. The summed E-state index contributed by atoms with van der Waals surface area (Å²) in [4.78, 5) is 30.0. The summed E-state index contributed by atoms with van der Waals surface area (Å²) in [6, 6.07) is 18.7. The molecule has 2 aromatic carbocycles. The fourth-order valence-electron chi connectivity index (χ4n) is 4.12. The molecule has 0 radical (unpaired) electrons. The second kappa shape index (κ2) is 9.59. The van der Waals surface area contributed by atoms with Crippen molar-refractivity contribution in [3.05, 3.63) is 88.2 Å². The van der Waals surface area contributed by atoms with Gasteiger partial charge in [0, 0.05) is 48.7 Å². The quantitative estimate of drug-likeness (QED) is 0.573. The zero-order chi connectivity index (χ0) is 22.7. The Morgan fingerprint density at radius 3 is 2.28 bits per heavy atom. The fraction of sp³-hybridized carbons (Fsp3) is 0.280. The molecule has 1 aliphatic heterocycles. The molecular formula is C25H27ClN4O2. The topological polar surface area (TPSA) is 57.6 Å². The molecule has 1 N–H and O–H groups in total. The van der Waals surface area contributed by atoms with Crippen LogP contribution in [-0.4, -0.2) is 54.0 Å². The Balaban J connectivity index is 1.39. The number of Topliss-reactive ketones (excluding diaryl/α,β-unsaturated/α-hetero) is 1. The van der Waals surface area contributed by atoms with E-state index in [2.05, 4.69) is 15.2 Å². The van der Waals surface area contributed by atoms with Crippen LogP contribution in [0.5, 0.6) is 0 Å². The molecule has 6 nitrogen and oxygen atoms in total. The number of para-hydroxylation sites is 1. The minimum Gasteiger partial charge on any atom is -0.368 e. The van der Waals surface area contributed by atoms with Gasteiger partial charge < -0.3 is 4.90 Å². The summed E-state index contributed by atoms with van der Waals surface area (Å²) in [5, 5.41) is 0.752. The fourth-order valence-corrected chi connectivity index (χ4v) is 4.37. The van der Waals surface area contributed by atoms with Gasteiger partial charge in [0.05, 0.1) is 17.3 Å². The molecule has 166 valence electrons. The molecule has 1 fully saturated rings. The molecule has 1 amide bonds. The van der Waals surface area contributed by atoms with Gasteiger partial charge in [-0.15, -0.1) is 0 Å². The van der Waals surface area contributed by atoms with Gasteiger partial charge in [0.1, 0.15) is 0 Å². The van der Waals surface area contributed by atoms with Gasteiger partial charge in [0.2, 0.25) is 0 Å². The highest BCUT2D eigenvalue weighted by molar-refractivity contribution is 6.33. The monoisotopic (exact) mass is 450 g/mol. The Morgan fingerprint density at radius 1 is 0.938 bits per heavy atom. The molecule has 0 saturated carbocycles. The summed E-state index contributed by atoms with van der Waals surface area (Å²) in [7, 11) is 0. The average molecular weight is 451 g/mol. The van der Waals surface area contributed by atoms with Crippen LogP contribution in [0, 0.1) is 13.8 Å². The third-order valence-electron chi connectivity index (χ3n) is 5.91. The molecule has 2 heterocycles. The summed E-state index contributed by atoms with van der Waals surface area (Å²) < 4.78 is 1.69. The highest BCUT2D eigenvalue weighted by Gasteiger charge is 2.23. The molecule has 7 heteroatoms. The van der Waals surface area contributed by atoms with E-state index in [0.717, 1.165) is 48.3 Å².